The Bertz CT molecular complexity index is 1490. The van der Waals surface area contributed by atoms with Crippen LogP contribution in [0.25, 0.3) is 0 Å². The molecule has 6 rings (SSSR count). The minimum Gasteiger partial charge on any atom is -0.497 e. The number of fused-ring (bicyclic) bond motifs is 2. The zero-order valence-electron chi connectivity index (χ0n) is 21.2. The van der Waals surface area contributed by atoms with Crippen LogP contribution >= 0.6 is 23.1 Å². The second kappa shape index (κ2) is 10.3. The summed E-state index contributed by atoms with van der Waals surface area (Å²) in [6.07, 6.45) is 2.97. The maximum atomic E-state index is 13.9. The average Bonchev–Trinajstić information content (AvgIpc) is 3.40. The van der Waals surface area contributed by atoms with E-state index < -0.39 is 34.7 Å². The van der Waals surface area contributed by atoms with Crippen LogP contribution in [0, 0.1) is 11.7 Å². The zero-order chi connectivity index (χ0) is 27.3. The number of likely N-dealkylation sites (tertiary alicyclic amines) is 1. The number of methoxy groups -OCH3 is 1. The Morgan fingerprint density at radius 1 is 0.974 bits per heavy atom. The van der Waals surface area contributed by atoms with Gasteiger partial charge in [0.05, 0.1) is 23.7 Å². The van der Waals surface area contributed by atoms with Crippen molar-refractivity contribution in [2.75, 3.05) is 25.1 Å². The van der Waals surface area contributed by atoms with E-state index in [0.717, 1.165) is 41.1 Å². The van der Waals surface area contributed by atoms with Crippen molar-refractivity contribution in [3.05, 3.63) is 74.5 Å². The number of piperidine rings is 1. The zero-order valence-corrected chi connectivity index (χ0v) is 22.8. The Morgan fingerprint density at radius 2 is 1.67 bits per heavy atom. The van der Waals surface area contributed by atoms with Crippen LogP contribution in [0.3, 0.4) is 0 Å². The molecule has 2 aromatic carbocycles. The largest absolute Gasteiger partial charge is 0.497 e. The number of carbonyl (C=O) groups is 3. The molecule has 0 N–H and O–H groups in total. The molecule has 11 heteroatoms. The number of aromatic nitrogens is 1. The number of amides is 3. The van der Waals surface area contributed by atoms with E-state index in [4.69, 9.17) is 4.74 Å². The molecule has 0 radical (unpaired) electrons. The molecule has 3 amide bonds. The molecule has 0 bridgehead atoms. The summed E-state index contributed by atoms with van der Waals surface area (Å²) in [4.78, 5) is 57.3. The highest BCUT2D eigenvalue weighted by Crippen LogP contribution is 2.54. The van der Waals surface area contributed by atoms with Crippen LogP contribution in [0.2, 0.25) is 0 Å². The number of benzene rings is 2. The lowest BCUT2D eigenvalue weighted by Gasteiger charge is -2.31. The van der Waals surface area contributed by atoms with Gasteiger partial charge in [-0.3, -0.25) is 23.7 Å². The van der Waals surface area contributed by atoms with Crippen LogP contribution in [0.1, 0.15) is 35.6 Å². The lowest BCUT2D eigenvalue weighted by Crippen LogP contribution is -2.39. The highest BCUT2D eigenvalue weighted by Gasteiger charge is 2.56. The molecule has 3 aliphatic rings. The molecule has 4 heterocycles. The number of thioether (sulfide) groups is 1. The third-order valence-corrected chi connectivity index (χ3v) is 10.2. The van der Waals surface area contributed by atoms with Crippen LogP contribution in [0.5, 0.6) is 5.75 Å². The lowest BCUT2D eigenvalue weighted by molar-refractivity contribution is -0.133. The standard InChI is InChI=1S/C28H26FN3O5S2/c1-37-19-11-5-16(6-12-19)21-22-23(26(35)32(25(22)34)18-9-7-17(29)8-10-18)38-27-24(21)39-28(36)31(27)15-20(33)30-13-3-2-4-14-30/h5-12,21-23H,2-4,13-15H2,1H3. The van der Waals surface area contributed by atoms with Gasteiger partial charge in [-0.25, -0.2) is 9.29 Å². The van der Waals surface area contributed by atoms with E-state index in [0.29, 0.717) is 34.4 Å². The Labute approximate surface area is 232 Å². The van der Waals surface area contributed by atoms with Gasteiger partial charge in [0.25, 0.3) is 0 Å². The highest BCUT2D eigenvalue weighted by atomic mass is 32.2. The highest BCUT2D eigenvalue weighted by molar-refractivity contribution is 8.00. The second-order valence-corrected chi connectivity index (χ2v) is 12.0. The fraction of sp³-hybridized carbons (Fsp3) is 0.357. The van der Waals surface area contributed by atoms with E-state index in [1.165, 1.54) is 40.6 Å². The first-order valence-electron chi connectivity index (χ1n) is 12.8. The molecule has 3 atom stereocenters. The van der Waals surface area contributed by atoms with Gasteiger partial charge < -0.3 is 9.64 Å². The van der Waals surface area contributed by atoms with Crippen molar-refractivity contribution in [3.8, 4) is 5.75 Å². The first kappa shape index (κ1) is 25.8. The summed E-state index contributed by atoms with van der Waals surface area (Å²) < 4.78 is 20.4. The van der Waals surface area contributed by atoms with Gasteiger partial charge in [-0.2, -0.15) is 0 Å². The van der Waals surface area contributed by atoms with Crippen LogP contribution in [-0.4, -0.2) is 52.6 Å². The Balaban J connectivity index is 1.43. The van der Waals surface area contributed by atoms with Crippen LogP contribution in [0.4, 0.5) is 10.1 Å². The number of ether oxygens (including phenoxy) is 1. The third-order valence-electron chi connectivity index (χ3n) is 7.61. The molecule has 1 aromatic heterocycles. The summed E-state index contributed by atoms with van der Waals surface area (Å²) in [6.45, 7) is 1.24. The van der Waals surface area contributed by atoms with E-state index >= 15 is 0 Å². The smallest absolute Gasteiger partial charge is 0.308 e. The van der Waals surface area contributed by atoms with Crippen molar-refractivity contribution in [3.63, 3.8) is 0 Å². The van der Waals surface area contributed by atoms with E-state index in [1.54, 1.807) is 24.1 Å². The number of carbonyl (C=O) groups excluding carboxylic acids is 3. The molecule has 2 fully saturated rings. The molecular formula is C28H26FN3O5S2. The topological polar surface area (TPSA) is 88.9 Å². The van der Waals surface area contributed by atoms with Crippen molar-refractivity contribution in [1.29, 1.82) is 0 Å². The monoisotopic (exact) mass is 567 g/mol. The number of rotatable bonds is 5. The molecule has 202 valence electrons. The number of hydrogen-bond donors (Lipinski definition) is 0. The van der Waals surface area contributed by atoms with Gasteiger partial charge in [0.1, 0.15) is 23.4 Å². The SMILES string of the molecule is COc1ccc(C2c3sc(=O)n(CC(=O)N4CCCCC4)c3SC3C(=O)N(c4ccc(F)cc4)C(=O)C32)cc1. The van der Waals surface area contributed by atoms with Crippen LogP contribution < -0.4 is 14.5 Å². The second-order valence-electron chi connectivity index (χ2n) is 9.87. The molecule has 0 spiro atoms. The summed E-state index contributed by atoms with van der Waals surface area (Å²) in [5.74, 6) is -2.10. The first-order chi connectivity index (χ1) is 18.9. The maximum absolute atomic E-state index is 13.9. The normalized spacial score (nSPS) is 22.6. The van der Waals surface area contributed by atoms with Crippen molar-refractivity contribution in [1.82, 2.24) is 9.47 Å². The molecule has 2 saturated heterocycles. The number of thiazole rings is 1. The molecular weight excluding hydrogens is 541 g/mol. The molecule has 8 nitrogen and oxygen atoms in total. The van der Waals surface area contributed by atoms with E-state index in [-0.39, 0.29) is 17.3 Å². The summed E-state index contributed by atoms with van der Waals surface area (Å²) in [6, 6.07) is 12.5. The predicted octanol–water partition coefficient (Wildman–Crippen LogP) is 3.87. The summed E-state index contributed by atoms with van der Waals surface area (Å²) >= 11 is 2.20. The average molecular weight is 568 g/mol. The number of hydrogen-bond acceptors (Lipinski definition) is 7. The van der Waals surface area contributed by atoms with Gasteiger partial charge in [0.15, 0.2) is 0 Å². The van der Waals surface area contributed by atoms with Gasteiger partial charge in [0, 0.05) is 23.9 Å². The third kappa shape index (κ3) is 4.47. The minimum atomic E-state index is -0.799. The summed E-state index contributed by atoms with van der Waals surface area (Å²) in [5.41, 5.74) is 1.07. The molecule has 3 unspecified atom stereocenters. The minimum absolute atomic E-state index is 0.103. The van der Waals surface area contributed by atoms with Crippen molar-refractivity contribution >= 4 is 46.5 Å². The van der Waals surface area contributed by atoms with Crippen molar-refractivity contribution < 1.29 is 23.5 Å². The fourth-order valence-electron chi connectivity index (χ4n) is 5.65. The van der Waals surface area contributed by atoms with Gasteiger partial charge in [-0.15, -0.1) is 0 Å². The van der Waals surface area contributed by atoms with E-state index in [2.05, 4.69) is 0 Å². The van der Waals surface area contributed by atoms with Crippen LogP contribution in [-0.2, 0) is 20.9 Å². The quantitative estimate of drug-likeness (QED) is 0.435. The molecule has 3 aliphatic heterocycles. The van der Waals surface area contributed by atoms with E-state index in [1.807, 2.05) is 12.1 Å². The molecule has 39 heavy (non-hydrogen) atoms. The van der Waals surface area contributed by atoms with Gasteiger partial charge in [0.2, 0.25) is 17.7 Å². The Hall–Kier alpha value is -3.44. The maximum Gasteiger partial charge on any atom is 0.308 e. The number of anilines is 1. The lowest BCUT2D eigenvalue weighted by atomic mass is 9.83. The molecule has 3 aromatic rings. The Kier molecular flexibility index (Phi) is 6.80. The van der Waals surface area contributed by atoms with Gasteiger partial charge in [-0.05, 0) is 61.2 Å². The van der Waals surface area contributed by atoms with Crippen molar-refractivity contribution in [2.45, 2.75) is 42.0 Å². The predicted molar refractivity (Wildman–Crippen MR) is 146 cm³/mol. The summed E-state index contributed by atoms with van der Waals surface area (Å²) in [7, 11) is 1.56. The molecule has 0 saturated carbocycles. The first-order valence-corrected chi connectivity index (χ1v) is 14.5. The fourth-order valence-corrected chi connectivity index (χ4v) is 8.42. The van der Waals surface area contributed by atoms with Crippen LogP contribution in [0.15, 0.2) is 58.4 Å². The van der Waals surface area contributed by atoms with E-state index in [9.17, 15) is 23.6 Å². The van der Waals surface area contributed by atoms with Gasteiger partial charge in [-0.1, -0.05) is 35.2 Å². The Morgan fingerprint density at radius 3 is 2.33 bits per heavy atom. The number of nitrogens with zero attached hydrogens (tertiary/aromatic N) is 3. The van der Waals surface area contributed by atoms with Gasteiger partial charge >= 0.3 is 4.87 Å². The number of halogens is 1. The van der Waals surface area contributed by atoms with Crippen molar-refractivity contribution in [2.24, 2.45) is 5.92 Å². The summed E-state index contributed by atoms with van der Waals surface area (Å²) in [5, 5.41) is -0.243. The molecule has 0 aliphatic carbocycles. The number of imide groups is 1.